The predicted molar refractivity (Wildman–Crippen MR) is 145 cm³/mol. The second-order valence-corrected chi connectivity index (χ2v) is 11.0. The zero-order chi connectivity index (χ0) is 25.2. The van der Waals surface area contributed by atoms with E-state index in [4.69, 9.17) is 0 Å². The van der Waals surface area contributed by atoms with Gasteiger partial charge in [0.1, 0.15) is 0 Å². The molecule has 3 atom stereocenters. The molecule has 188 valence electrons. The fourth-order valence-electron chi connectivity index (χ4n) is 6.97. The van der Waals surface area contributed by atoms with Gasteiger partial charge in [-0.25, -0.2) is 0 Å². The van der Waals surface area contributed by atoms with Crippen molar-refractivity contribution in [2.24, 2.45) is 5.92 Å². The van der Waals surface area contributed by atoms with E-state index in [2.05, 4.69) is 53.6 Å². The van der Waals surface area contributed by atoms with Crippen molar-refractivity contribution in [3.8, 4) is 0 Å². The highest BCUT2D eigenvalue weighted by atomic mass is 16.3. The molecule has 0 unspecified atom stereocenters. The number of aliphatic hydroxyl groups is 1. The van der Waals surface area contributed by atoms with E-state index < -0.39 is 5.60 Å². The molecule has 2 aromatic carbocycles. The van der Waals surface area contributed by atoms with E-state index in [1.165, 1.54) is 16.7 Å². The van der Waals surface area contributed by atoms with E-state index in [0.717, 1.165) is 69.2 Å². The Kier molecular flexibility index (Phi) is 6.98. The van der Waals surface area contributed by atoms with Crippen LogP contribution in [0.1, 0.15) is 84.6 Å². The van der Waals surface area contributed by atoms with Gasteiger partial charge in [-0.05, 0) is 104 Å². The predicted octanol–water partition coefficient (Wildman–Crippen LogP) is 6.79. The first-order chi connectivity index (χ1) is 17.4. The van der Waals surface area contributed by atoms with Crippen LogP contribution in [0.5, 0.6) is 0 Å². The lowest BCUT2D eigenvalue weighted by Gasteiger charge is -2.50. The van der Waals surface area contributed by atoms with Crippen molar-refractivity contribution in [3.05, 3.63) is 94.8 Å². The third-order valence-corrected chi connectivity index (χ3v) is 8.67. The Bertz CT molecular complexity index is 1220. The number of nitrogens with one attached hydrogen (secondary N) is 1. The Hall–Kier alpha value is -2.98. The number of benzene rings is 2. The van der Waals surface area contributed by atoms with Gasteiger partial charge < -0.3 is 10.4 Å². The number of aryl methyl sites for hydroxylation is 2. The molecule has 4 nitrogen and oxygen atoms in total. The first-order valence-electron chi connectivity index (χ1n) is 13.6. The third-order valence-electron chi connectivity index (χ3n) is 8.67. The van der Waals surface area contributed by atoms with Crippen molar-refractivity contribution in [3.63, 3.8) is 0 Å². The minimum absolute atomic E-state index is 0.0818. The van der Waals surface area contributed by atoms with Gasteiger partial charge in [0, 0.05) is 18.2 Å². The van der Waals surface area contributed by atoms with Gasteiger partial charge in [-0.15, -0.1) is 0 Å². The number of fused-ring (bicyclic) bond motifs is 3. The molecule has 2 N–H and O–H groups in total. The Morgan fingerprint density at radius 1 is 1.11 bits per heavy atom. The number of hydrogen-bond acceptors (Lipinski definition) is 3. The summed E-state index contributed by atoms with van der Waals surface area (Å²) in [4.78, 5) is 17.4. The number of anilines is 1. The van der Waals surface area contributed by atoms with Crippen LogP contribution in [0.2, 0.25) is 0 Å². The molecule has 1 saturated carbocycles. The maximum atomic E-state index is 13.1. The summed E-state index contributed by atoms with van der Waals surface area (Å²) in [5.41, 5.74) is 5.67. The number of carbonyl (C=O) groups is 1. The van der Waals surface area contributed by atoms with E-state index in [-0.39, 0.29) is 11.3 Å². The van der Waals surface area contributed by atoms with Crippen molar-refractivity contribution in [2.45, 2.75) is 82.7 Å². The Morgan fingerprint density at radius 2 is 1.94 bits per heavy atom. The Balaban J connectivity index is 1.42. The summed E-state index contributed by atoms with van der Waals surface area (Å²) in [6.45, 7) is 4.18. The van der Waals surface area contributed by atoms with Gasteiger partial charge in [0.05, 0.1) is 17.0 Å². The van der Waals surface area contributed by atoms with Crippen LogP contribution in [0.3, 0.4) is 0 Å². The highest BCUT2D eigenvalue weighted by Gasteiger charge is 2.50. The normalized spacial score (nSPS) is 25.4. The average molecular weight is 483 g/mol. The van der Waals surface area contributed by atoms with Crippen LogP contribution in [0.25, 0.3) is 0 Å². The van der Waals surface area contributed by atoms with Crippen molar-refractivity contribution >= 4 is 11.6 Å². The largest absolute Gasteiger partial charge is 0.390 e. The monoisotopic (exact) mass is 482 g/mol. The lowest BCUT2D eigenvalue weighted by atomic mass is 9.55. The number of hydrogen-bond donors (Lipinski definition) is 2. The summed E-state index contributed by atoms with van der Waals surface area (Å²) in [7, 11) is 0. The van der Waals surface area contributed by atoms with Gasteiger partial charge in [0.25, 0.3) is 5.91 Å². The smallest absolute Gasteiger partial charge is 0.255 e. The minimum atomic E-state index is -0.644. The molecule has 1 aromatic heterocycles. The second-order valence-electron chi connectivity index (χ2n) is 11.0. The van der Waals surface area contributed by atoms with Crippen LogP contribution in [0, 0.1) is 12.8 Å². The molecule has 3 aromatic rings. The molecule has 0 spiro atoms. The Labute approximate surface area is 215 Å². The van der Waals surface area contributed by atoms with Crippen LogP contribution >= 0.6 is 0 Å². The fourth-order valence-corrected chi connectivity index (χ4v) is 6.97. The molecule has 0 bridgehead atoms. The topological polar surface area (TPSA) is 62.2 Å². The third kappa shape index (κ3) is 4.84. The number of aromatic nitrogens is 1. The minimum Gasteiger partial charge on any atom is -0.390 e. The fraction of sp³-hybridized carbons (Fsp3) is 0.438. The molecule has 2 aliphatic carbocycles. The lowest BCUT2D eigenvalue weighted by Crippen LogP contribution is -2.48. The summed E-state index contributed by atoms with van der Waals surface area (Å²) in [6, 6.07) is 20.5. The van der Waals surface area contributed by atoms with Gasteiger partial charge in [-0.2, -0.15) is 0 Å². The van der Waals surface area contributed by atoms with Crippen molar-refractivity contribution in [1.29, 1.82) is 0 Å². The van der Waals surface area contributed by atoms with Crippen molar-refractivity contribution in [2.75, 3.05) is 5.32 Å². The molecule has 0 aliphatic heterocycles. The first kappa shape index (κ1) is 24.7. The molecular formula is C32H38N2O2. The summed E-state index contributed by atoms with van der Waals surface area (Å²) < 4.78 is 0. The van der Waals surface area contributed by atoms with Gasteiger partial charge in [-0.3, -0.25) is 9.78 Å². The maximum Gasteiger partial charge on any atom is 0.255 e. The molecule has 36 heavy (non-hydrogen) atoms. The average Bonchev–Trinajstić information content (AvgIpc) is 3.02. The zero-order valence-electron chi connectivity index (χ0n) is 21.6. The van der Waals surface area contributed by atoms with Gasteiger partial charge in [0.15, 0.2) is 0 Å². The summed E-state index contributed by atoms with van der Waals surface area (Å²) >= 11 is 0. The molecule has 0 saturated heterocycles. The SMILES string of the molecule is CCC[C@@]12CC[C@@](O)(Cc3ccccc3)C[C@@H]1CCCc1cc(C(=O)Nc3cccnc3C)ccc12. The summed E-state index contributed by atoms with van der Waals surface area (Å²) in [5.74, 6) is 0.374. The number of nitrogens with zero attached hydrogens (tertiary/aromatic N) is 1. The van der Waals surface area contributed by atoms with Gasteiger partial charge in [-0.1, -0.05) is 49.7 Å². The van der Waals surface area contributed by atoms with E-state index in [1.807, 2.05) is 31.2 Å². The summed E-state index contributed by atoms with van der Waals surface area (Å²) in [6.07, 6.45) is 10.6. The molecule has 1 heterocycles. The zero-order valence-corrected chi connectivity index (χ0v) is 21.6. The molecule has 4 heteroatoms. The van der Waals surface area contributed by atoms with Crippen LogP contribution in [0.4, 0.5) is 5.69 Å². The molecule has 1 amide bonds. The number of amides is 1. The summed E-state index contributed by atoms with van der Waals surface area (Å²) in [5, 5.41) is 14.7. The van der Waals surface area contributed by atoms with Crippen LogP contribution in [-0.2, 0) is 18.3 Å². The van der Waals surface area contributed by atoms with E-state index in [9.17, 15) is 9.90 Å². The van der Waals surface area contributed by atoms with Crippen LogP contribution < -0.4 is 5.32 Å². The van der Waals surface area contributed by atoms with Crippen molar-refractivity contribution < 1.29 is 9.90 Å². The highest BCUT2D eigenvalue weighted by Crippen LogP contribution is 2.54. The molecular weight excluding hydrogens is 444 g/mol. The number of pyridine rings is 1. The van der Waals surface area contributed by atoms with Gasteiger partial charge in [0.2, 0.25) is 0 Å². The number of carbonyl (C=O) groups excluding carboxylic acids is 1. The Morgan fingerprint density at radius 3 is 2.72 bits per heavy atom. The first-order valence-corrected chi connectivity index (χ1v) is 13.6. The second kappa shape index (κ2) is 10.2. The van der Waals surface area contributed by atoms with E-state index in [1.54, 1.807) is 6.20 Å². The molecule has 5 rings (SSSR count). The van der Waals surface area contributed by atoms with E-state index >= 15 is 0 Å². The molecule has 0 radical (unpaired) electrons. The quantitative estimate of drug-likeness (QED) is 0.407. The lowest BCUT2D eigenvalue weighted by molar-refractivity contribution is -0.0488. The molecule has 2 aliphatic rings. The van der Waals surface area contributed by atoms with Crippen LogP contribution in [0.15, 0.2) is 66.9 Å². The standard InChI is InChI=1S/C32H38N2O2/c1-3-16-32-18-17-31(36,21-24-9-5-4-6-10-24)22-27(32)12-7-11-25-20-26(14-15-28(25)32)30(35)34-29-13-8-19-33-23(29)2/h4-6,8-10,13-15,19-20,27,36H,3,7,11-12,16-18,21-22H2,1-2H3,(H,34,35)/t27-,31+,32+/m0/s1. The highest BCUT2D eigenvalue weighted by molar-refractivity contribution is 6.04. The van der Waals surface area contributed by atoms with Crippen LogP contribution in [-0.4, -0.2) is 21.6 Å². The maximum absolute atomic E-state index is 13.1. The van der Waals surface area contributed by atoms with E-state index in [0.29, 0.717) is 11.5 Å². The number of rotatable bonds is 6. The van der Waals surface area contributed by atoms with Crippen molar-refractivity contribution in [1.82, 2.24) is 4.98 Å². The van der Waals surface area contributed by atoms with Gasteiger partial charge >= 0.3 is 0 Å². The molecule has 1 fully saturated rings.